The van der Waals surface area contributed by atoms with E-state index < -0.39 is 0 Å². The van der Waals surface area contributed by atoms with E-state index in [9.17, 15) is 0 Å². The van der Waals surface area contributed by atoms with Crippen LogP contribution in [0.5, 0.6) is 0 Å². The standard InChI is InChI=1S/C22H28ClN5O/c1-17(2)21(22-24-25-26-28(22)13-14-29-3)27(15-18-7-5-4-6-8-18)16-19-9-11-20(23)12-10-19/h4-12,17,21H,13-16H2,1-3H3/t21-/m0/s1. The highest BCUT2D eigenvalue weighted by Gasteiger charge is 2.29. The fourth-order valence-corrected chi connectivity index (χ4v) is 3.66. The molecule has 29 heavy (non-hydrogen) atoms. The predicted molar refractivity (Wildman–Crippen MR) is 114 cm³/mol. The van der Waals surface area contributed by atoms with Crippen LogP contribution in [0, 0.1) is 5.92 Å². The van der Waals surface area contributed by atoms with E-state index in [2.05, 4.69) is 70.7 Å². The van der Waals surface area contributed by atoms with E-state index in [0.29, 0.717) is 19.1 Å². The number of tetrazole rings is 1. The zero-order valence-corrected chi connectivity index (χ0v) is 18.0. The molecule has 0 bridgehead atoms. The van der Waals surface area contributed by atoms with Crippen LogP contribution in [-0.4, -0.2) is 38.8 Å². The van der Waals surface area contributed by atoms with Crippen LogP contribution in [0.25, 0.3) is 0 Å². The van der Waals surface area contributed by atoms with E-state index in [1.807, 2.05) is 22.9 Å². The Morgan fingerprint density at radius 1 is 1.00 bits per heavy atom. The topological polar surface area (TPSA) is 56.1 Å². The first-order chi connectivity index (χ1) is 14.1. The van der Waals surface area contributed by atoms with E-state index in [1.165, 1.54) is 11.1 Å². The van der Waals surface area contributed by atoms with Crippen LogP contribution in [0.4, 0.5) is 0 Å². The van der Waals surface area contributed by atoms with Gasteiger partial charge in [-0.3, -0.25) is 4.90 Å². The molecular weight excluding hydrogens is 386 g/mol. The minimum atomic E-state index is 0.0535. The van der Waals surface area contributed by atoms with Crippen molar-refractivity contribution in [1.29, 1.82) is 0 Å². The Labute approximate surface area is 177 Å². The number of hydrogen-bond acceptors (Lipinski definition) is 5. The van der Waals surface area contributed by atoms with Gasteiger partial charge in [-0.15, -0.1) is 5.10 Å². The molecule has 0 amide bonds. The lowest BCUT2D eigenvalue weighted by atomic mass is 9.99. The lowest BCUT2D eigenvalue weighted by Crippen LogP contribution is -2.34. The van der Waals surface area contributed by atoms with Crippen LogP contribution in [0.15, 0.2) is 54.6 Å². The smallest absolute Gasteiger partial charge is 0.168 e. The van der Waals surface area contributed by atoms with Crippen molar-refractivity contribution in [2.45, 2.75) is 39.5 Å². The van der Waals surface area contributed by atoms with Gasteiger partial charge in [0.2, 0.25) is 0 Å². The van der Waals surface area contributed by atoms with Crippen LogP contribution in [0.3, 0.4) is 0 Å². The molecule has 3 rings (SSSR count). The maximum atomic E-state index is 6.09. The first-order valence-electron chi connectivity index (χ1n) is 9.86. The fourth-order valence-electron chi connectivity index (χ4n) is 3.54. The third-order valence-corrected chi connectivity index (χ3v) is 5.14. The second-order valence-corrected chi connectivity index (χ2v) is 7.90. The summed E-state index contributed by atoms with van der Waals surface area (Å²) >= 11 is 6.09. The fraction of sp³-hybridized carbons (Fsp3) is 0.409. The number of ether oxygens (including phenoxy) is 1. The number of benzene rings is 2. The maximum absolute atomic E-state index is 6.09. The van der Waals surface area contributed by atoms with Crippen LogP contribution in [-0.2, 0) is 24.4 Å². The molecule has 0 aliphatic heterocycles. The molecule has 1 heterocycles. The molecule has 0 radical (unpaired) electrons. The summed E-state index contributed by atoms with van der Waals surface area (Å²) in [6, 6.07) is 18.6. The van der Waals surface area contributed by atoms with Crippen molar-refractivity contribution in [1.82, 2.24) is 25.1 Å². The highest BCUT2D eigenvalue weighted by molar-refractivity contribution is 6.30. The summed E-state index contributed by atoms with van der Waals surface area (Å²) in [5.74, 6) is 1.18. The Hall–Kier alpha value is -2.28. The van der Waals surface area contributed by atoms with Gasteiger partial charge in [0, 0.05) is 25.2 Å². The molecule has 1 atom stereocenters. The summed E-state index contributed by atoms with van der Waals surface area (Å²) in [5, 5.41) is 13.3. The van der Waals surface area contributed by atoms with Gasteiger partial charge in [-0.2, -0.15) is 0 Å². The molecule has 7 heteroatoms. The number of nitrogens with zero attached hydrogens (tertiary/aromatic N) is 5. The molecule has 0 N–H and O–H groups in total. The third-order valence-electron chi connectivity index (χ3n) is 4.88. The Morgan fingerprint density at radius 3 is 2.28 bits per heavy atom. The Kier molecular flexibility index (Phi) is 7.75. The van der Waals surface area contributed by atoms with Gasteiger partial charge in [0.25, 0.3) is 0 Å². The van der Waals surface area contributed by atoms with E-state index >= 15 is 0 Å². The van der Waals surface area contributed by atoms with Gasteiger partial charge in [-0.25, -0.2) is 4.68 Å². The molecule has 154 valence electrons. The minimum absolute atomic E-state index is 0.0535. The zero-order valence-electron chi connectivity index (χ0n) is 17.2. The lowest BCUT2D eigenvalue weighted by molar-refractivity contribution is 0.121. The summed E-state index contributed by atoms with van der Waals surface area (Å²) < 4.78 is 7.09. The molecule has 1 aromatic heterocycles. The second-order valence-electron chi connectivity index (χ2n) is 7.46. The minimum Gasteiger partial charge on any atom is -0.383 e. The number of aromatic nitrogens is 4. The highest BCUT2D eigenvalue weighted by Crippen LogP contribution is 2.30. The van der Waals surface area contributed by atoms with Gasteiger partial charge in [0.05, 0.1) is 19.2 Å². The Morgan fingerprint density at radius 2 is 1.66 bits per heavy atom. The Bertz CT molecular complexity index is 866. The maximum Gasteiger partial charge on any atom is 0.168 e. The van der Waals surface area contributed by atoms with Crippen LogP contribution in [0.2, 0.25) is 5.02 Å². The van der Waals surface area contributed by atoms with Gasteiger partial charge in [0.1, 0.15) is 0 Å². The first-order valence-corrected chi connectivity index (χ1v) is 10.2. The summed E-state index contributed by atoms with van der Waals surface area (Å²) in [5.41, 5.74) is 2.45. The Balaban J connectivity index is 1.94. The van der Waals surface area contributed by atoms with Crippen molar-refractivity contribution >= 4 is 11.6 Å². The molecule has 0 aliphatic carbocycles. The monoisotopic (exact) mass is 413 g/mol. The molecule has 0 spiro atoms. The van der Waals surface area contributed by atoms with Crippen molar-refractivity contribution in [3.05, 3.63) is 76.6 Å². The molecule has 0 unspecified atom stereocenters. The highest BCUT2D eigenvalue weighted by atomic mass is 35.5. The van der Waals surface area contributed by atoms with Crippen molar-refractivity contribution in [3.8, 4) is 0 Å². The van der Waals surface area contributed by atoms with E-state index in [-0.39, 0.29) is 6.04 Å². The van der Waals surface area contributed by atoms with Gasteiger partial charge in [0.15, 0.2) is 5.82 Å². The first kappa shape index (κ1) is 21.4. The van der Waals surface area contributed by atoms with Gasteiger partial charge in [-0.05, 0) is 39.6 Å². The van der Waals surface area contributed by atoms with E-state index in [4.69, 9.17) is 16.3 Å². The van der Waals surface area contributed by atoms with E-state index in [0.717, 1.165) is 23.9 Å². The second kappa shape index (κ2) is 10.5. The third kappa shape index (κ3) is 5.85. The van der Waals surface area contributed by atoms with Crippen molar-refractivity contribution in [2.24, 2.45) is 5.92 Å². The van der Waals surface area contributed by atoms with Gasteiger partial charge in [-0.1, -0.05) is 67.9 Å². The number of rotatable bonds is 10. The van der Waals surface area contributed by atoms with Crippen LogP contribution < -0.4 is 0 Å². The molecule has 0 fully saturated rings. The lowest BCUT2D eigenvalue weighted by Gasteiger charge is -2.33. The number of methoxy groups -OCH3 is 1. The van der Waals surface area contributed by atoms with Gasteiger partial charge >= 0.3 is 0 Å². The molecule has 0 saturated heterocycles. The number of hydrogen-bond donors (Lipinski definition) is 0. The molecule has 3 aromatic rings. The largest absolute Gasteiger partial charge is 0.383 e. The van der Waals surface area contributed by atoms with Gasteiger partial charge < -0.3 is 4.74 Å². The quantitative estimate of drug-likeness (QED) is 0.494. The van der Waals surface area contributed by atoms with Crippen molar-refractivity contribution < 1.29 is 4.74 Å². The summed E-state index contributed by atoms with van der Waals surface area (Å²) in [6.07, 6.45) is 0. The SMILES string of the molecule is COCCn1nnnc1[C@H](C(C)C)N(Cc1ccccc1)Cc1ccc(Cl)cc1. The molecular formula is C22H28ClN5O. The molecule has 2 aromatic carbocycles. The zero-order chi connectivity index (χ0) is 20.6. The molecule has 0 aliphatic rings. The normalized spacial score (nSPS) is 12.6. The summed E-state index contributed by atoms with van der Waals surface area (Å²) in [7, 11) is 1.69. The average molecular weight is 414 g/mol. The van der Waals surface area contributed by atoms with E-state index in [1.54, 1.807) is 7.11 Å². The van der Waals surface area contributed by atoms with Crippen molar-refractivity contribution in [3.63, 3.8) is 0 Å². The van der Waals surface area contributed by atoms with Crippen LogP contribution in [0.1, 0.15) is 36.8 Å². The molecule has 6 nitrogen and oxygen atoms in total. The number of halogens is 1. The predicted octanol–water partition coefficient (Wildman–Crippen LogP) is 4.37. The molecule has 0 saturated carbocycles. The summed E-state index contributed by atoms with van der Waals surface area (Å²) in [6.45, 7) is 7.18. The van der Waals surface area contributed by atoms with Crippen molar-refractivity contribution in [2.75, 3.05) is 13.7 Å². The average Bonchev–Trinajstić information content (AvgIpc) is 3.16. The van der Waals surface area contributed by atoms with Crippen LogP contribution >= 0.6 is 11.6 Å². The summed E-state index contributed by atoms with van der Waals surface area (Å²) in [4.78, 5) is 2.43.